The fraction of sp³-hybridized carbons (Fsp3) is 0.0625. The molecule has 0 atom stereocenters. The molecule has 2 aromatic heterocycles. The van der Waals surface area contributed by atoms with Crippen molar-refractivity contribution in [2.24, 2.45) is 0 Å². The van der Waals surface area contributed by atoms with E-state index in [1.165, 1.54) is 50.1 Å². The molecule has 0 saturated heterocycles. The van der Waals surface area contributed by atoms with Crippen molar-refractivity contribution < 1.29 is 19.0 Å². The molecule has 0 fully saturated rings. The first-order chi connectivity index (χ1) is 12.6. The summed E-state index contributed by atoms with van der Waals surface area (Å²) in [6.45, 7) is 0. The Labute approximate surface area is 157 Å². The minimum absolute atomic E-state index is 0.0652. The van der Waals surface area contributed by atoms with Crippen LogP contribution in [0.5, 0.6) is 23.3 Å². The largest absolute Gasteiger partial charge is 0.465 e. The van der Waals surface area contributed by atoms with Crippen LogP contribution >= 0.6 is 23.2 Å². The highest BCUT2D eigenvalue weighted by atomic mass is 35.5. The van der Waals surface area contributed by atoms with Crippen molar-refractivity contribution in [1.29, 1.82) is 0 Å². The molecule has 0 radical (unpaired) electrons. The van der Waals surface area contributed by atoms with Gasteiger partial charge in [-0.3, -0.25) is 0 Å². The van der Waals surface area contributed by atoms with Crippen LogP contribution in [0.4, 0.5) is 0 Å². The second-order valence-corrected chi connectivity index (χ2v) is 5.41. The zero-order valence-corrected chi connectivity index (χ0v) is 14.7. The number of carbonyl (C=O) groups is 1. The van der Waals surface area contributed by atoms with Crippen molar-refractivity contribution >= 4 is 29.2 Å². The number of methoxy groups -OCH3 is 1. The average Bonchev–Trinajstić information content (AvgIpc) is 2.65. The molecule has 0 unspecified atom stereocenters. The molecule has 0 saturated carbocycles. The maximum absolute atomic E-state index is 11.9. The Morgan fingerprint density at radius 3 is 1.69 bits per heavy atom. The second kappa shape index (κ2) is 7.94. The van der Waals surface area contributed by atoms with E-state index in [2.05, 4.69) is 19.9 Å². The molecule has 0 aliphatic rings. The molecule has 0 amide bonds. The smallest absolute Gasteiger partial charge is 0.338 e. The standard InChI is InChI=1S/C16H10Cl2N4O4/c1-24-16(23)9-6-10(25-14-12(17)19-2-4-21-14)8-11(7-9)26-15-13(18)20-3-5-22-15/h2-8H,1H3. The van der Waals surface area contributed by atoms with Crippen LogP contribution in [0.25, 0.3) is 0 Å². The summed E-state index contributed by atoms with van der Waals surface area (Å²) in [7, 11) is 1.26. The third kappa shape index (κ3) is 4.16. The molecule has 8 nitrogen and oxygen atoms in total. The number of esters is 1. The lowest BCUT2D eigenvalue weighted by Crippen LogP contribution is -2.02. The number of rotatable bonds is 5. The van der Waals surface area contributed by atoms with E-state index in [1.54, 1.807) is 0 Å². The second-order valence-electron chi connectivity index (χ2n) is 4.69. The summed E-state index contributed by atoms with van der Waals surface area (Å²) in [5.74, 6) is 0.00532. The molecule has 10 heteroatoms. The van der Waals surface area contributed by atoms with E-state index in [-0.39, 0.29) is 39.1 Å². The highest BCUT2D eigenvalue weighted by Gasteiger charge is 2.15. The van der Waals surface area contributed by atoms with Gasteiger partial charge in [0.15, 0.2) is 10.3 Å². The first kappa shape index (κ1) is 17.8. The van der Waals surface area contributed by atoms with Gasteiger partial charge in [0, 0.05) is 30.9 Å². The highest BCUT2D eigenvalue weighted by molar-refractivity contribution is 6.30. The Balaban J connectivity index is 1.97. The predicted octanol–water partition coefficient (Wildman–Crippen LogP) is 3.94. The van der Waals surface area contributed by atoms with E-state index in [1.807, 2.05) is 0 Å². The van der Waals surface area contributed by atoms with Crippen molar-refractivity contribution in [3.63, 3.8) is 0 Å². The molecule has 2 heterocycles. The molecule has 1 aromatic carbocycles. The molecule has 0 aliphatic heterocycles. The van der Waals surface area contributed by atoms with Gasteiger partial charge in [0.1, 0.15) is 11.5 Å². The van der Waals surface area contributed by atoms with E-state index in [0.29, 0.717) is 0 Å². The summed E-state index contributed by atoms with van der Waals surface area (Å²) in [6.07, 6.45) is 5.68. The Hall–Kier alpha value is -2.97. The van der Waals surface area contributed by atoms with Crippen LogP contribution in [0, 0.1) is 0 Å². The maximum Gasteiger partial charge on any atom is 0.338 e. The van der Waals surface area contributed by atoms with E-state index >= 15 is 0 Å². The van der Waals surface area contributed by atoms with Gasteiger partial charge in [0.2, 0.25) is 0 Å². The first-order valence-corrected chi connectivity index (χ1v) is 7.84. The van der Waals surface area contributed by atoms with Crippen LogP contribution in [-0.4, -0.2) is 33.0 Å². The Kier molecular flexibility index (Phi) is 5.45. The number of hydrogen-bond acceptors (Lipinski definition) is 8. The molecule has 3 rings (SSSR count). The Bertz CT molecular complexity index is 889. The topological polar surface area (TPSA) is 96.3 Å². The summed E-state index contributed by atoms with van der Waals surface area (Å²) in [4.78, 5) is 27.6. The molecule has 0 N–H and O–H groups in total. The Morgan fingerprint density at radius 1 is 0.808 bits per heavy atom. The molecule has 0 spiro atoms. The molecule has 0 bridgehead atoms. The van der Waals surface area contributed by atoms with Crippen LogP contribution in [0.1, 0.15) is 10.4 Å². The van der Waals surface area contributed by atoms with Crippen molar-refractivity contribution in [2.45, 2.75) is 0 Å². The van der Waals surface area contributed by atoms with Gasteiger partial charge >= 0.3 is 5.97 Å². The number of ether oxygens (including phenoxy) is 3. The minimum Gasteiger partial charge on any atom is -0.465 e. The summed E-state index contributed by atoms with van der Waals surface area (Å²) in [5, 5.41) is 0.130. The number of aromatic nitrogens is 4. The molecular formula is C16H10Cl2N4O4. The van der Waals surface area contributed by atoms with Gasteiger partial charge in [-0.2, -0.15) is 0 Å². The number of nitrogens with zero attached hydrogens (tertiary/aromatic N) is 4. The zero-order valence-electron chi connectivity index (χ0n) is 13.2. The van der Waals surface area contributed by atoms with Crippen LogP contribution in [0.3, 0.4) is 0 Å². The van der Waals surface area contributed by atoms with Crippen molar-refractivity contribution in [1.82, 2.24) is 19.9 Å². The quantitative estimate of drug-likeness (QED) is 0.602. The van der Waals surface area contributed by atoms with Gasteiger partial charge in [0.05, 0.1) is 12.7 Å². The number of hydrogen-bond donors (Lipinski definition) is 0. The lowest BCUT2D eigenvalue weighted by Gasteiger charge is -2.11. The van der Waals surface area contributed by atoms with Gasteiger partial charge < -0.3 is 14.2 Å². The third-order valence-electron chi connectivity index (χ3n) is 2.98. The van der Waals surface area contributed by atoms with Crippen molar-refractivity contribution in [2.75, 3.05) is 7.11 Å². The van der Waals surface area contributed by atoms with Gasteiger partial charge in [-0.25, -0.2) is 24.7 Å². The fourth-order valence-corrected chi connectivity index (χ4v) is 2.19. The highest BCUT2D eigenvalue weighted by Crippen LogP contribution is 2.32. The molecule has 132 valence electrons. The SMILES string of the molecule is COC(=O)c1cc(Oc2nccnc2Cl)cc(Oc2nccnc2Cl)c1. The van der Waals surface area contributed by atoms with E-state index in [4.69, 9.17) is 37.4 Å². The molecule has 3 aromatic rings. The van der Waals surface area contributed by atoms with Crippen molar-refractivity contribution in [3.8, 4) is 23.3 Å². The molecular weight excluding hydrogens is 383 g/mol. The number of benzene rings is 1. The summed E-state index contributed by atoms with van der Waals surface area (Å²) >= 11 is 11.9. The summed E-state index contributed by atoms with van der Waals surface area (Å²) in [5.41, 5.74) is 0.181. The number of carbonyl (C=O) groups excluding carboxylic acids is 1. The zero-order chi connectivity index (χ0) is 18.5. The predicted molar refractivity (Wildman–Crippen MR) is 92.0 cm³/mol. The van der Waals surface area contributed by atoms with Crippen LogP contribution in [-0.2, 0) is 4.74 Å². The molecule has 0 aliphatic carbocycles. The summed E-state index contributed by atoms with van der Waals surface area (Å²) < 4.78 is 15.9. The molecule has 26 heavy (non-hydrogen) atoms. The van der Waals surface area contributed by atoms with E-state index < -0.39 is 5.97 Å². The van der Waals surface area contributed by atoms with Crippen LogP contribution < -0.4 is 9.47 Å². The minimum atomic E-state index is -0.587. The Morgan fingerprint density at radius 2 is 1.27 bits per heavy atom. The van der Waals surface area contributed by atoms with E-state index in [9.17, 15) is 4.79 Å². The van der Waals surface area contributed by atoms with E-state index in [0.717, 1.165) is 0 Å². The van der Waals surface area contributed by atoms with Crippen molar-refractivity contribution in [3.05, 3.63) is 58.9 Å². The third-order valence-corrected chi connectivity index (χ3v) is 3.49. The number of halogens is 2. The van der Waals surface area contributed by atoms with Gasteiger partial charge in [-0.05, 0) is 12.1 Å². The first-order valence-electron chi connectivity index (χ1n) is 7.09. The average molecular weight is 393 g/mol. The van der Waals surface area contributed by atoms with Gasteiger partial charge in [0.25, 0.3) is 11.8 Å². The lowest BCUT2D eigenvalue weighted by molar-refractivity contribution is 0.0600. The van der Waals surface area contributed by atoms with Gasteiger partial charge in [-0.1, -0.05) is 23.2 Å². The summed E-state index contributed by atoms with van der Waals surface area (Å²) in [6, 6.07) is 4.40. The fourth-order valence-electron chi connectivity index (χ4n) is 1.90. The lowest BCUT2D eigenvalue weighted by atomic mass is 10.2. The van der Waals surface area contributed by atoms with Crippen LogP contribution in [0.2, 0.25) is 10.3 Å². The van der Waals surface area contributed by atoms with Crippen LogP contribution in [0.15, 0.2) is 43.0 Å². The maximum atomic E-state index is 11.9. The van der Waals surface area contributed by atoms with Gasteiger partial charge in [-0.15, -0.1) is 0 Å². The normalized spacial score (nSPS) is 10.3. The monoisotopic (exact) mass is 392 g/mol.